The minimum atomic E-state index is -4.72. The highest BCUT2D eigenvalue weighted by Crippen LogP contribution is 2.43. The third-order valence-electron chi connectivity index (χ3n) is 4.37. The maximum atomic E-state index is 11.9. The van der Waals surface area contributed by atoms with Crippen molar-refractivity contribution in [3.05, 3.63) is 65.7 Å². The van der Waals surface area contributed by atoms with Gasteiger partial charge in [0.25, 0.3) is 16.6 Å². The van der Waals surface area contributed by atoms with Gasteiger partial charge in [-0.15, -0.1) is 10.2 Å². The Morgan fingerprint density at radius 3 is 2.27 bits per heavy atom. The molecule has 12 heteroatoms. The molecule has 33 heavy (non-hydrogen) atoms. The number of hydrogen-bond donors (Lipinski definition) is 3. The standard InChI is InChI=1S/C21H20N6O5S/c1-13-4-2-6-15(8-13)25-27-21-19(22)17(10-18(20(21)23)33(29,30)31)26-24-16-7-3-5-14(9-16)11-32-12-28/h2-10,12H,11,22-23H2,1H3,(H,29,30,31). The molecule has 0 spiro atoms. The van der Waals surface area contributed by atoms with E-state index in [1.54, 1.807) is 42.5 Å². The van der Waals surface area contributed by atoms with Gasteiger partial charge in [-0.05, 0) is 48.4 Å². The highest BCUT2D eigenvalue weighted by molar-refractivity contribution is 7.86. The Hall–Kier alpha value is -4.16. The molecule has 11 nitrogen and oxygen atoms in total. The summed E-state index contributed by atoms with van der Waals surface area (Å²) in [5.41, 5.74) is 13.8. The number of azo groups is 2. The third-order valence-corrected chi connectivity index (χ3v) is 5.26. The Kier molecular flexibility index (Phi) is 7.10. The number of anilines is 2. The van der Waals surface area contributed by atoms with Gasteiger partial charge in [0, 0.05) is 0 Å². The SMILES string of the molecule is Cc1cccc(N=Nc2c(N)c(N=Nc3cccc(COC=O)c3)cc(S(=O)(=O)O)c2N)c1. The second-order valence-corrected chi connectivity index (χ2v) is 8.25. The molecule has 0 bridgehead atoms. The molecule has 3 aromatic carbocycles. The summed E-state index contributed by atoms with van der Waals surface area (Å²) in [6.07, 6.45) is 0. The minimum Gasteiger partial charge on any atom is -0.463 e. The molecular formula is C21H20N6O5S. The zero-order valence-corrected chi connectivity index (χ0v) is 18.2. The summed E-state index contributed by atoms with van der Waals surface area (Å²) in [5.74, 6) is 0. The first-order valence-corrected chi connectivity index (χ1v) is 10.9. The van der Waals surface area contributed by atoms with Crippen LogP contribution in [0.2, 0.25) is 0 Å². The van der Waals surface area contributed by atoms with Gasteiger partial charge in [-0.1, -0.05) is 24.3 Å². The van der Waals surface area contributed by atoms with Gasteiger partial charge < -0.3 is 16.2 Å². The van der Waals surface area contributed by atoms with E-state index in [2.05, 4.69) is 20.5 Å². The van der Waals surface area contributed by atoms with Crippen molar-refractivity contribution in [2.24, 2.45) is 20.5 Å². The van der Waals surface area contributed by atoms with Crippen LogP contribution in [0.5, 0.6) is 0 Å². The molecule has 3 aromatic rings. The van der Waals surface area contributed by atoms with Crippen molar-refractivity contribution >= 4 is 50.7 Å². The summed E-state index contributed by atoms with van der Waals surface area (Å²) in [4.78, 5) is 9.74. The minimum absolute atomic E-state index is 0.0489. The molecule has 0 aliphatic carbocycles. The molecule has 0 aliphatic rings. The number of rotatable bonds is 8. The smallest absolute Gasteiger partial charge is 0.296 e. The van der Waals surface area contributed by atoms with Gasteiger partial charge in [0.2, 0.25) is 0 Å². The first kappa shape index (κ1) is 23.5. The molecule has 0 heterocycles. The van der Waals surface area contributed by atoms with Gasteiger partial charge in [0.05, 0.1) is 22.7 Å². The number of carbonyl (C=O) groups is 1. The zero-order chi connectivity index (χ0) is 24.0. The predicted octanol–water partition coefficient (Wildman–Crippen LogP) is 4.91. The van der Waals surface area contributed by atoms with Crippen LogP contribution >= 0.6 is 0 Å². The summed E-state index contributed by atoms with van der Waals surface area (Å²) in [5, 5.41) is 16.1. The van der Waals surface area contributed by atoms with Gasteiger partial charge in [0.1, 0.15) is 22.9 Å². The Morgan fingerprint density at radius 1 is 0.939 bits per heavy atom. The van der Waals surface area contributed by atoms with Crippen LogP contribution in [0, 0.1) is 6.92 Å². The molecular weight excluding hydrogens is 448 g/mol. The number of hydrogen-bond acceptors (Lipinski definition) is 10. The molecule has 0 saturated heterocycles. The topological polar surface area (TPSA) is 182 Å². The maximum Gasteiger partial charge on any atom is 0.296 e. The molecule has 3 rings (SSSR count). The van der Waals surface area contributed by atoms with E-state index in [1.165, 1.54) is 0 Å². The summed E-state index contributed by atoms with van der Waals surface area (Å²) in [7, 11) is -4.72. The molecule has 0 radical (unpaired) electrons. The van der Waals surface area contributed by atoms with Crippen LogP contribution in [0.3, 0.4) is 0 Å². The lowest BCUT2D eigenvalue weighted by molar-refractivity contribution is -0.129. The summed E-state index contributed by atoms with van der Waals surface area (Å²) >= 11 is 0. The van der Waals surface area contributed by atoms with E-state index in [1.807, 2.05) is 13.0 Å². The van der Waals surface area contributed by atoms with Gasteiger partial charge in [-0.2, -0.15) is 18.6 Å². The van der Waals surface area contributed by atoms with Gasteiger partial charge in [0.15, 0.2) is 0 Å². The lowest BCUT2D eigenvalue weighted by Crippen LogP contribution is -2.05. The maximum absolute atomic E-state index is 11.9. The average molecular weight is 468 g/mol. The number of carbonyl (C=O) groups excluding carboxylic acids is 1. The van der Waals surface area contributed by atoms with Crippen LogP contribution in [0.25, 0.3) is 0 Å². The first-order chi connectivity index (χ1) is 15.7. The molecule has 5 N–H and O–H groups in total. The molecule has 0 saturated carbocycles. The van der Waals surface area contributed by atoms with Crippen molar-refractivity contribution in [3.63, 3.8) is 0 Å². The lowest BCUT2D eigenvalue weighted by Gasteiger charge is -2.10. The molecule has 0 aliphatic heterocycles. The Bertz CT molecular complexity index is 1360. The molecule has 0 fully saturated rings. The van der Waals surface area contributed by atoms with Crippen LogP contribution in [-0.2, 0) is 26.3 Å². The highest BCUT2D eigenvalue weighted by atomic mass is 32.2. The first-order valence-electron chi connectivity index (χ1n) is 9.43. The number of ether oxygens (including phenoxy) is 1. The second kappa shape index (κ2) is 9.97. The summed E-state index contributed by atoms with van der Waals surface area (Å²) < 4.78 is 38.0. The number of aryl methyl sites for hydroxylation is 1. The molecule has 0 amide bonds. The number of nitrogens with zero attached hydrogens (tertiary/aromatic N) is 4. The fourth-order valence-electron chi connectivity index (χ4n) is 2.81. The molecule has 0 aromatic heterocycles. The third kappa shape index (κ3) is 5.96. The van der Waals surface area contributed by atoms with Crippen molar-refractivity contribution in [2.45, 2.75) is 18.4 Å². The second-order valence-electron chi connectivity index (χ2n) is 6.86. The van der Waals surface area contributed by atoms with E-state index in [-0.39, 0.29) is 29.4 Å². The van der Waals surface area contributed by atoms with Crippen molar-refractivity contribution in [1.82, 2.24) is 0 Å². The van der Waals surface area contributed by atoms with Gasteiger partial charge >= 0.3 is 0 Å². The largest absolute Gasteiger partial charge is 0.463 e. The van der Waals surface area contributed by atoms with E-state index in [0.29, 0.717) is 23.4 Å². The number of nitrogen functional groups attached to an aromatic ring is 2. The van der Waals surface area contributed by atoms with Crippen LogP contribution in [0.1, 0.15) is 11.1 Å². The van der Waals surface area contributed by atoms with Crippen molar-refractivity contribution < 1.29 is 22.5 Å². The Balaban J connectivity index is 2.05. The summed E-state index contributed by atoms with van der Waals surface area (Å²) in [6, 6.07) is 14.7. The molecule has 170 valence electrons. The number of benzene rings is 3. The predicted molar refractivity (Wildman–Crippen MR) is 122 cm³/mol. The average Bonchev–Trinajstić information content (AvgIpc) is 2.76. The Morgan fingerprint density at radius 2 is 1.61 bits per heavy atom. The van der Waals surface area contributed by atoms with Gasteiger partial charge in [-0.3, -0.25) is 9.35 Å². The van der Waals surface area contributed by atoms with Crippen LogP contribution in [0.15, 0.2) is 79.9 Å². The van der Waals surface area contributed by atoms with Crippen LogP contribution < -0.4 is 11.5 Å². The van der Waals surface area contributed by atoms with Crippen LogP contribution in [-0.4, -0.2) is 19.4 Å². The van der Waals surface area contributed by atoms with Crippen LogP contribution in [0.4, 0.5) is 34.1 Å². The molecule has 0 unspecified atom stereocenters. The van der Waals surface area contributed by atoms with E-state index in [9.17, 15) is 17.8 Å². The van der Waals surface area contributed by atoms with Gasteiger partial charge in [-0.25, -0.2) is 0 Å². The summed E-state index contributed by atoms with van der Waals surface area (Å²) in [6.45, 7) is 2.25. The zero-order valence-electron chi connectivity index (χ0n) is 17.4. The van der Waals surface area contributed by atoms with Crippen molar-refractivity contribution in [2.75, 3.05) is 11.5 Å². The quantitative estimate of drug-likeness (QED) is 0.181. The Labute approximate surface area is 189 Å². The highest BCUT2D eigenvalue weighted by Gasteiger charge is 2.22. The van der Waals surface area contributed by atoms with E-state index in [4.69, 9.17) is 16.2 Å². The van der Waals surface area contributed by atoms with E-state index in [0.717, 1.165) is 11.6 Å². The van der Waals surface area contributed by atoms with Crippen molar-refractivity contribution in [1.29, 1.82) is 0 Å². The lowest BCUT2D eigenvalue weighted by atomic mass is 10.2. The number of nitrogens with two attached hydrogens (primary N) is 2. The fourth-order valence-corrected chi connectivity index (χ4v) is 3.45. The normalized spacial score (nSPS) is 11.8. The molecule has 0 atom stereocenters. The van der Waals surface area contributed by atoms with E-state index < -0.39 is 15.0 Å². The monoisotopic (exact) mass is 468 g/mol. The van der Waals surface area contributed by atoms with E-state index >= 15 is 0 Å². The van der Waals surface area contributed by atoms with Crippen molar-refractivity contribution in [3.8, 4) is 0 Å². The fraction of sp³-hybridized carbons (Fsp3) is 0.0952.